The summed E-state index contributed by atoms with van der Waals surface area (Å²) in [6, 6.07) is 10.3. The average molecular weight is 379 g/mol. The molecule has 1 amide bonds. The lowest BCUT2D eigenvalue weighted by Crippen LogP contribution is -2.35. The molecule has 26 heavy (non-hydrogen) atoms. The molecule has 5 nitrogen and oxygen atoms in total. The molecule has 1 atom stereocenters. The molecule has 1 aromatic heterocycles. The summed E-state index contributed by atoms with van der Waals surface area (Å²) in [4.78, 5) is 14.6. The Labute approximate surface area is 163 Å². The van der Waals surface area contributed by atoms with Crippen molar-refractivity contribution in [2.75, 3.05) is 13.6 Å². The number of halogens is 1. The van der Waals surface area contributed by atoms with Gasteiger partial charge in [-0.05, 0) is 24.3 Å². The average Bonchev–Trinajstić information content (AvgIpc) is 3.01. The quantitative estimate of drug-likeness (QED) is 0.765. The van der Waals surface area contributed by atoms with E-state index < -0.39 is 0 Å². The Balaban J connectivity index is 0.00000338. The molecule has 0 radical (unpaired) electrons. The van der Waals surface area contributed by atoms with Crippen LogP contribution in [-0.4, -0.2) is 40.2 Å². The minimum absolute atomic E-state index is 0. The third kappa shape index (κ3) is 5.58. The Bertz CT molecular complexity index is 684. The van der Waals surface area contributed by atoms with Crippen LogP contribution in [0.4, 0.5) is 0 Å². The van der Waals surface area contributed by atoms with Crippen LogP contribution in [0.1, 0.15) is 48.8 Å². The summed E-state index contributed by atoms with van der Waals surface area (Å²) in [5, 5.41) is 4.45. The Morgan fingerprint density at radius 1 is 1.27 bits per heavy atom. The predicted molar refractivity (Wildman–Crippen MR) is 109 cm³/mol. The number of aromatic nitrogens is 2. The topological polar surface area (TPSA) is 64.2 Å². The van der Waals surface area contributed by atoms with Gasteiger partial charge in [-0.2, -0.15) is 5.10 Å². The van der Waals surface area contributed by atoms with Crippen LogP contribution in [0.15, 0.2) is 36.5 Å². The molecule has 1 heterocycles. The number of nitrogens with zero attached hydrogens (tertiary/aromatic N) is 3. The van der Waals surface area contributed by atoms with Gasteiger partial charge in [-0.15, -0.1) is 12.4 Å². The van der Waals surface area contributed by atoms with Crippen LogP contribution in [0.25, 0.3) is 0 Å². The van der Waals surface area contributed by atoms with Gasteiger partial charge in [0, 0.05) is 19.6 Å². The lowest BCUT2D eigenvalue weighted by Gasteiger charge is -2.21. The van der Waals surface area contributed by atoms with Crippen molar-refractivity contribution in [3.8, 4) is 0 Å². The van der Waals surface area contributed by atoms with E-state index in [9.17, 15) is 4.79 Å². The molecule has 0 saturated heterocycles. The molecule has 2 aromatic rings. The van der Waals surface area contributed by atoms with Crippen molar-refractivity contribution >= 4 is 18.3 Å². The molecule has 0 fully saturated rings. The number of carbonyl (C=O) groups excluding carboxylic acids is 1. The van der Waals surface area contributed by atoms with Crippen LogP contribution in [0.5, 0.6) is 0 Å². The molecule has 1 aromatic carbocycles. The highest BCUT2D eigenvalue weighted by atomic mass is 35.5. The predicted octanol–water partition coefficient (Wildman–Crippen LogP) is 3.36. The van der Waals surface area contributed by atoms with Crippen molar-refractivity contribution in [2.24, 2.45) is 11.7 Å². The highest BCUT2D eigenvalue weighted by Crippen LogP contribution is 2.15. The number of rotatable bonds is 8. The lowest BCUT2D eigenvalue weighted by atomic mass is 10.0. The Morgan fingerprint density at radius 3 is 2.50 bits per heavy atom. The summed E-state index contributed by atoms with van der Waals surface area (Å²) < 4.78 is 1.93. The van der Waals surface area contributed by atoms with Gasteiger partial charge in [-0.25, -0.2) is 0 Å². The summed E-state index contributed by atoms with van der Waals surface area (Å²) in [5.41, 5.74) is 8.95. The molecule has 0 aliphatic rings. The fourth-order valence-electron chi connectivity index (χ4n) is 2.84. The first kappa shape index (κ1) is 22.2. The number of hydrogen-bond donors (Lipinski definition) is 1. The highest BCUT2D eigenvalue weighted by molar-refractivity contribution is 5.95. The first-order valence-electron chi connectivity index (χ1n) is 9.03. The maximum absolute atomic E-state index is 12.8. The monoisotopic (exact) mass is 378 g/mol. The summed E-state index contributed by atoms with van der Waals surface area (Å²) in [5.74, 6) is 0.440. The van der Waals surface area contributed by atoms with Crippen molar-refractivity contribution in [1.29, 1.82) is 0 Å². The number of benzene rings is 1. The van der Waals surface area contributed by atoms with Crippen molar-refractivity contribution < 1.29 is 4.79 Å². The third-order valence-electron chi connectivity index (χ3n) is 4.69. The van der Waals surface area contributed by atoms with Crippen LogP contribution in [0.3, 0.4) is 0 Å². The van der Waals surface area contributed by atoms with Crippen molar-refractivity contribution in [1.82, 2.24) is 14.7 Å². The summed E-state index contributed by atoms with van der Waals surface area (Å²) in [6.45, 7) is 7.61. The minimum Gasteiger partial charge on any atom is -0.342 e. The van der Waals surface area contributed by atoms with Crippen molar-refractivity contribution in [2.45, 2.75) is 46.2 Å². The molecular formula is C20H31ClN4O. The zero-order valence-electron chi connectivity index (χ0n) is 16.2. The zero-order chi connectivity index (χ0) is 18.4. The van der Waals surface area contributed by atoms with E-state index >= 15 is 0 Å². The van der Waals surface area contributed by atoms with E-state index in [2.05, 4.69) is 38.0 Å². The van der Waals surface area contributed by atoms with Gasteiger partial charge in [0.25, 0.3) is 5.91 Å². The summed E-state index contributed by atoms with van der Waals surface area (Å²) >= 11 is 0. The van der Waals surface area contributed by atoms with Crippen molar-refractivity contribution in [3.05, 3.63) is 53.3 Å². The van der Waals surface area contributed by atoms with Gasteiger partial charge in [-0.1, -0.05) is 51.1 Å². The smallest absolute Gasteiger partial charge is 0.257 e. The normalized spacial score (nSPS) is 11.9. The third-order valence-corrected chi connectivity index (χ3v) is 4.69. The molecule has 0 bridgehead atoms. The summed E-state index contributed by atoms with van der Waals surface area (Å²) in [7, 11) is 1.84. The number of carbonyl (C=O) groups is 1. The lowest BCUT2D eigenvalue weighted by molar-refractivity contribution is 0.0788. The van der Waals surface area contributed by atoms with Crippen LogP contribution in [-0.2, 0) is 13.0 Å². The molecule has 2 rings (SSSR count). The molecule has 0 saturated carbocycles. The van der Waals surface area contributed by atoms with Crippen LogP contribution in [0, 0.1) is 5.92 Å². The maximum Gasteiger partial charge on any atom is 0.257 e. The second-order valence-electron chi connectivity index (χ2n) is 6.92. The standard InChI is InChI=1S/C20H30N4O.ClH/c1-5-19-17(20(25)23(4)12-11-18(21)15(2)3)13-22-24(19)14-16-9-7-6-8-10-16;/h6-10,13,15,18H,5,11-12,14,21H2,1-4H3;1H. The van der Waals surface area contributed by atoms with E-state index in [1.165, 1.54) is 5.56 Å². The number of amides is 1. The first-order valence-corrected chi connectivity index (χ1v) is 9.03. The maximum atomic E-state index is 12.8. The highest BCUT2D eigenvalue weighted by Gasteiger charge is 2.20. The van der Waals surface area contributed by atoms with Crippen LogP contribution < -0.4 is 5.73 Å². The number of nitrogens with two attached hydrogens (primary N) is 1. The second kappa shape index (κ2) is 10.3. The first-order chi connectivity index (χ1) is 11.9. The Hall–Kier alpha value is -1.85. The molecule has 0 aliphatic carbocycles. The van der Waals surface area contributed by atoms with Gasteiger partial charge >= 0.3 is 0 Å². The second-order valence-corrected chi connectivity index (χ2v) is 6.92. The molecule has 144 valence electrons. The molecule has 1 unspecified atom stereocenters. The molecular weight excluding hydrogens is 348 g/mol. The van der Waals surface area contributed by atoms with Gasteiger partial charge < -0.3 is 10.6 Å². The van der Waals surface area contributed by atoms with Crippen molar-refractivity contribution in [3.63, 3.8) is 0 Å². The zero-order valence-corrected chi connectivity index (χ0v) is 17.0. The molecule has 0 aliphatic heterocycles. The SMILES string of the molecule is CCc1c(C(=O)N(C)CCC(N)C(C)C)cnn1Cc1ccccc1.Cl. The summed E-state index contributed by atoms with van der Waals surface area (Å²) in [6.07, 6.45) is 3.27. The largest absolute Gasteiger partial charge is 0.342 e. The van der Waals surface area contributed by atoms with E-state index in [4.69, 9.17) is 5.73 Å². The van der Waals surface area contributed by atoms with Gasteiger partial charge in [0.1, 0.15) is 0 Å². The van der Waals surface area contributed by atoms with E-state index in [0.29, 0.717) is 24.6 Å². The number of hydrogen-bond acceptors (Lipinski definition) is 3. The molecule has 0 spiro atoms. The van der Waals surface area contributed by atoms with Crippen LogP contribution >= 0.6 is 12.4 Å². The van der Waals surface area contributed by atoms with Gasteiger partial charge in [-0.3, -0.25) is 9.48 Å². The van der Waals surface area contributed by atoms with Crippen LogP contribution in [0.2, 0.25) is 0 Å². The van der Waals surface area contributed by atoms with Gasteiger partial charge in [0.15, 0.2) is 0 Å². The van der Waals surface area contributed by atoms with E-state index in [-0.39, 0.29) is 24.4 Å². The van der Waals surface area contributed by atoms with E-state index in [0.717, 1.165) is 18.5 Å². The van der Waals surface area contributed by atoms with Gasteiger partial charge in [0.05, 0.1) is 24.0 Å². The fourth-order valence-corrected chi connectivity index (χ4v) is 2.84. The Kier molecular flexibility index (Phi) is 8.82. The molecule has 6 heteroatoms. The minimum atomic E-state index is 0. The van der Waals surface area contributed by atoms with E-state index in [1.54, 1.807) is 11.1 Å². The Morgan fingerprint density at radius 2 is 1.92 bits per heavy atom. The fraction of sp³-hybridized carbons (Fsp3) is 0.500. The molecule has 2 N–H and O–H groups in total. The van der Waals surface area contributed by atoms with Gasteiger partial charge in [0.2, 0.25) is 0 Å². The van der Waals surface area contributed by atoms with E-state index in [1.807, 2.05) is 29.9 Å².